The molecule has 1 aromatic heterocycles. The number of benzene rings is 1. The summed E-state index contributed by atoms with van der Waals surface area (Å²) in [5.74, 6) is 0.182. The molecule has 132 valence electrons. The number of likely N-dealkylation sites (tertiary alicyclic amines) is 1. The number of nitrogens with one attached hydrogen (secondary N) is 1. The van der Waals surface area contributed by atoms with Gasteiger partial charge in [-0.15, -0.1) is 0 Å². The van der Waals surface area contributed by atoms with Crippen molar-refractivity contribution in [2.75, 3.05) is 13.1 Å². The monoisotopic (exact) mass is 337 g/mol. The highest BCUT2D eigenvalue weighted by atomic mass is 16.2. The van der Waals surface area contributed by atoms with E-state index in [1.165, 1.54) is 18.4 Å². The van der Waals surface area contributed by atoms with Crippen LogP contribution in [0.5, 0.6) is 0 Å². The first-order valence-electron chi connectivity index (χ1n) is 9.34. The Balaban J connectivity index is 1.65. The molecule has 4 heteroatoms. The van der Waals surface area contributed by atoms with Gasteiger partial charge < -0.3 is 14.8 Å². The van der Waals surface area contributed by atoms with Crippen LogP contribution in [0.3, 0.4) is 0 Å². The molecule has 2 fully saturated rings. The predicted octanol–water partition coefficient (Wildman–Crippen LogP) is 3.37. The van der Waals surface area contributed by atoms with Crippen molar-refractivity contribution in [2.45, 2.75) is 52.1 Å². The summed E-state index contributed by atoms with van der Waals surface area (Å²) in [5, 5.41) is 3.65. The van der Waals surface area contributed by atoms with Crippen LogP contribution in [0.25, 0.3) is 5.69 Å². The van der Waals surface area contributed by atoms with Gasteiger partial charge in [-0.2, -0.15) is 0 Å². The van der Waals surface area contributed by atoms with Crippen molar-refractivity contribution in [1.82, 2.24) is 14.8 Å². The fourth-order valence-corrected chi connectivity index (χ4v) is 4.44. The van der Waals surface area contributed by atoms with E-state index in [9.17, 15) is 4.79 Å². The maximum Gasteiger partial charge on any atom is 0.255 e. The Kier molecular flexibility index (Phi) is 4.16. The minimum absolute atomic E-state index is 0.182. The molecule has 25 heavy (non-hydrogen) atoms. The molecule has 0 radical (unpaired) electrons. The van der Waals surface area contributed by atoms with Crippen LogP contribution in [0.4, 0.5) is 0 Å². The van der Waals surface area contributed by atoms with Gasteiger partial charge in [-0.3, -0.25) is 4.79 Å². The van der Waals surface area contributed by atoms with Crippen molar-refractivity contribution in [2.24, 2.45) is 0 Å². The first-order valence-corrected chi connectivity index (χ1v) is 9.34. The minimum Gasteiger partial charge on any atom is -0.337 e. The quantitative estimate of drug-likeness (QED) is 0.912. The van der Waals surface area contributed by atoms with Gasteiger partial charge in [0.25, 0.3) is 5.91 Å². The van der Waals surface area contributed by atoms with Gasteiger partial charge in [0.05, 0.1) is 5.56 Å². The van der Waals surface area contributed by atoms with E-state index in [2.05, 4.69) is 65.9 Å². The van der Waals surface area contributed by atoms with Crippen LogP contribution in [0.1, 0.15) is 46.6 Å². The van der Waals surface area contributed by atoms with Crippen molar-refractivity contribution in [1.29, 1.82) is 0 Å². The van der Waals surface area contributed by atoms with Crippen molar-refractivity contribution in [3.8, 4) is 5.69 Å². The van der Waals surface area contributed by atoms with Crippen molar-refractivity contribution in [3.05, 3.63) is 52.8 Å². The maximum atomic E-state index is 13.2. The average molecular weight is 337 g/mol. The average Bonchev–Trinajstić information content (AvgIpc) is 3.05. The third-order valence-corrected chi connectivity index (χ3v) is 5.73. The van der Waals surface area contributed by atoms with Crippen molar-refractivity contribution in [3.63, 3.8) is 0 Å². The third kappa shape index (κ3) is 2.99. The van der Waals surface area contributed by atoms with Gasteiger partial charge in [0.1, 0.15) is 0 Å². The van der Waals surface area contributed by atoms with E-state index in [4.69, 9.17) is 0 Å². The Morgan fingerprint density at radius 2 is 1.88 bits per heavy atom. The van der Waals surface area contributed by atoms with E-state index < -0.39 is 0 Å². The third-order valence-electron chi connectivity index (χ3n) is 5.73. The molecule has 0 saturated carbocycles. The molecule has 1 N–H and O–H groups in total. The number of rotatable bonds is 2. The highest BCUT2D eigenvalue weighted by Gasteiger charge is 2.32. The summed E-state index contributed by atoms with van der Waals surface area (Å²) in [4.78, 5) is 15.3. The molecule has 4 rings (SSSR count). The van der Waals surface area contributed by atoms with Crippen LogP contribution in [0.15, 0.2) is 30.3 Å². The molecule has 4 nitrogen and oxygen atoms in total. The number of hydrogen-bond acceptors (Lipinski definition) is 2. The van der Waals surface area contributed by atoms with Gasteiger partial charge in [-0.1, -0.05) is 12.1 Å². The van der Waals surface area contributed by atoms with Crippen LogP contribution in [-0.2, 0) is 0 Å². The first-order chi connectivity index (χ1) is 12.0. The fraction of sp³-hybridized carbons (Fsp3) is 0.476. The summed E-state index contributed by atoms with van der Waals surface area (Å²) in [5.41, 5.74) is 5.35. The van der Waals surface area contributed by atoms with E-state index in [-0.39, 0.29) is 5.91 Å². The number of fused-ring (bicyclic) bond motifs is 2. The molecule has 2 aliphatic heterocycles. The Morgan fingerprint density at radius 1 is 1.08 bits per heavy atom. The standard InChI is InChI=1S/C21H27N3O/c1-14-5-4-6-19(11-14)24-15(2)12-20(16(24)3)21(25)23-10-9-17-7-8-18(13-23)22-17/h4-6,11-12,17-18,22H,7-10,13H2,1-3H3. The summed E-state index contributed by atoms with van der Waals surface area (Å²) in [6.45, 7) is 7.94. The molecule has 1 aromatic carbocycles. The molecule has 2 aliphatic rings. The predicted molar refractivity (Wildman–Crippen MR) is 100 cm³/mol. The molecule has 0 spiro atoms. The Hall–Kier alpha value is -2.07. The van der Waals surface area contributed by atoms with Crippen LogP contribution in [0, 0.1) is 20.8 Å². The van der Waals surface area contributed by atoms with Crippen LogP contribution >= 0.6 is 0 Å². The maximum absolute atomic E-state index is 13.2. The Bertz CT molecular complexity index is 807. The summed E-state index contributed by atoms with van der Waals surface area (Å²) in [6, 6.07) is 11.6. The SMILES string of the molecule is Cc1cccc(-n2c(C)cc(C(=O)N3CCC4CCC(C3)N4)c2C)c1. The van der Waals surface area contributed by atoms with E-state index in [1.54, 1.807) is 0 Å². The van der Waals surface area contributed by atoms with E-state index in [0.717, 1.165) is 42.1 Å². The molecule has 2 atom stereocenters. The van der Waals surface area contributed by atoms with E-state index >= 15 is 0 Å². The van der Waals surface area contributed by atoms with Gasteiger partial charge in [-0.25, -0.2) is 0 Å². The van der Waals surface area contributed by atoms with Crippen molar-refractivity contribution < 1.29 is 4.79 Å². The second-order valence-electron chi connectivity index (χ2n) is 7.64. The molecule has 1 amide bonds. The number of nitrogens with zero attached hydrogens (tertiary/aromatic N) is 2. The summed E-state index contributed by atoms with van der Waals surface area (Å²) >= 11 is 0. The van der Waals surface area contributed by atoms with Crippen LogP contribution < -0.4 is 5.32 Å². The lowest BCUT2D eigenvalue weighted by atomic mass is 10.1. The van der Waals surface area contributed by atoms with Crippen LogP contribution in [-0.4, -0.2) is 40.5 Å². The zero-order chi connectivity index (χ0) is 17.6. The fourth-order valence-electron chi connectivity index (χ4n) is 4.44. The van der Waals surface area contributed by atoms with E-state index in [1.807, 2.05) is 0 Å². The van der Waals surface area contributed by atoms with Gasteiger partial charge >= 0.3 is 0 Å². The smallest absolute Gasteiger partial charge is 0.255 e. The van der Waals surface area contributed by atoms with Crippen LogP contribution in [0.2, 0.25) is 0 Å². The normalized spacial score (nSPS) is 22.9. The molecular weight excluding hydrogens is 310 g/mol. The second-order valence-corrected chi connectivity index (χ2v) is 7.64. The van der Waals surface area contributed by atoms with Gasteiger partial charge in [0.2, 0.25) is 0 Å². The lowest BCUT2D eigenvalue weighted by molar-refractivity contribution is 0.0747. The highest BCUT2D eigenvalue weighted by molar-refractivity contribution is 5.96. The number of carbonyl (C=O) groups is 1. The molecule has 3 heterocycles. The summed E-state index contributed by atoms with van der Waals surface area (Å²) < 4.78 is 2.20. The zero-order valence-corrected chi connectivity index (χ0v) is 15.4. The molecule has 2 unspecified atom stereocenters. The lowest BCUT2D eigenvalue weighted by Crippen LogP contribution is -2.39. The zero-order valence-electron chi connectivity index (χ0n) is 15.4. The molecule has 2 bridgehead atoms. The van der Waals surface area contributed by atoms with Gasteiger partial charge in [-0.05, 0) is 63.8 Å². The summed E-state index contributed by atoms with van der Waals surface area (Å²) in [7, 11) is 0. The second kappa shape index (κ2) is 6.34. The van der Waals surface area contributed by atoms with E-state index in [0.29, 0.717) is 12.1 Å². The van der Waals surface area contributed by atoms with Gasteiger partial charge in [0, 0.05) is 42.2 Å². The molecular formula is C21H27N3O. The minimum atomic E-state index is 0.182. The number of carbonyl (C=O) groups excluding carboxylic acids is 1. The Morgan fingerprint density at radius 3 is 2.68 bits per heavy atom. The molecule has 2 saturated heterocycles. The number of aromatic nitrogens is 1. The number of aryl methyl sites for hydroxylation is 2. The Labute approximate surface area is 149 Å². The number of amides is 1. The largest absolute Gasteiger partial charge is 0.337 e. The van der Waals surface area contributed by atoms with Gasteiger partial charge in [0.15, 0.2) is 0 Å². The highest BCUT2D eigenvalue weighted by Crippen LogP contribution is 2.25. The topological polar surface area (TPSA) is 37.3 Å². The first kappa shape index (κ1) is 16.4. The number of hydrogen-bond donors (Lipinski definition) is 1. The molecule has 0 aliphatic carbocycles. The summed E-state index contributed by atoms with van der Waals surface area (Å²) in [6.07, 6.45) is 3.52. The molecule has 2 aromatic rings. The van der Waals surface area contributed by atoms with Crippen molar-refractivity contribution >= 4 is 5.91 Å². The lowest BCUT2D eigenvalue weighted by Gasteiger charge is -2.24.